The Morgan fingerprint density at radius 3 is 2.20 bits per heavy atom. The second-order valence-electron chi connectivity index (χ2n) is 5.54. The summed E-state index contributed by atoms with van der Waals surface area (Å²) in [5, 5.41) is 4.11. The van der Waals surface area contributed by atoms with Gasteiger partial charge in [0.1, 0.15) is 12.4 Å². The smallest absolute Gasteiger partial charge is 0.134 e. The normalized spacial score (nSPS) is 10.5. The molecule has 0 saturated heterocycles. The fourth-order valence-corrected chi connectivity index (χ4v) is 3.22. The average molecular weight is 482 g/mol. The Hall–Kier alpha value is -1.49. The summed E-state index contributed by atoms with van der Waals surface area (Å²) in [5.74, 6) is 0.832. The Morgan fingerprint density at radius 2 is 1.52 bits per heavy atom. The van der Waals surface area contributed by atoms with Crippen LogP contribution in [0.5, 0.6) is 5.75 Å². The van der Waals surface area contributed by atoms with Gasteiger partial charge in [0.25, 0.3) is 0 Å². The van der Waals surface area contributed by atoms with Crippen molar-refractivity contribution in [2.45, 2.75) is 13.2 Å². The van der Waals surface area contributed by atoms with E-state index in [1.807, 2.05) is 54.6 Å². The first-order chi connectivity index (χ1) is 12.1. The molecule has 0 heterocycles. The Balaban J connectivity index is 1.58. The summed E-state index contributed by atoms with van der Waals surface area (Å²) < 4.78 is 7.91. The first-order valence-electron chi connectivity index (χ1n) is 7.75. The zero-order chi connectivity index (χ0) is 17.6. The molecule has 3 aromatic carbocycles. The molecule has 0 amide bonds. The number of rotatable bonds is 6. The van der Waals surface area contributed by atoms with Crippen LogP contribution in [-0.2, 0) is 13.2 Å². The zero-order valence-electron chi connectivity index (χ0n) is 13.3. The van der Waals surface area contributed by atoms with Crippen molar-refractivity contribution in [3.05, 3.63) is 91.8 Å². The predicted molar refractivity (Wildman–Crippen MR) is 111 cm³/mol. The molecule has 0 saturated carbocycles. The lowest BCUT2D eigenvalue weighted by molar-refractivity contribution is 0.304. The lowest BCUT2D eigenvalue weighted by atomic mass is 10.2. The predicted octanol–water partition coefficient (Wildman–Crippen LogP) is 7.06. The maximum atomic E-state index is 5.90. The van der Waals surface area contributed by atoms with Crippen LogP contribution in [0.15, 0.2) is 75.7 Å². The van der Waals surface area contributed by atoms with Crippen molar-refractivity contribution < 1.29 is 4.74 Å². The Morgan fingerprint density at radius 1 is 0.840 bits per heavy atom. The highest BCUT2D eigenvalue weighted by Gasteiger charge is 2.04. The molecule has 5 heteroatoms. The molecule has 0 aliphatic carbocycles. The lowest BCUT2D eigenvalue weighted by Crippen LogP contribution is -2.00. The number of nitrogens with one attached hydrogen (secondary N) is 1. The van der Waals surface area contributed by atoms with E-state index in [0.29, 0.717) is 6.61 Å². The number of ether oxygens (including phenoxy) is 1. The van der Waals surface area contributed by atoms with E-state index in [0.717, 1.165) is 43.1 Å². The highest BCUT2D eigenvalue weighted by atomic mass is 79.9. The van der Waals surface area contributed by atoms with E-state index in [2.05, 4.69) is 49.3 Å². The molecule has 25 heavy (non-hydrogen) atoms. The maximum absolute atomic E-state index is 5.90. The highest BCUT2D eigenvalue weighted by molar-refractivity contribution is 9.10. The number of anilines is 1. The standard InChI is InChI=1S/C20H16Br2ClNO/c21-16-4-1-14(2-5-16)13-25-20-10-3-15(11-19(20)22)12-24-18-8-6-17(23)7-9-18/h1-11,24H,12-13H2. The number of halogens is 3. The van der Waals surface area contributed by atoms with Gasteiger partial charge >= 0.3 is 0 Å². The Bertz CT molecular complexity index is 835. The van der Waals surface area contributed by atoms with Crippen LogP contribution in [0.4, 0.5) is 5.69 Å². The van der Waals surface area contributed by atoms with Crippen LogP contribution in [0.25, 0.3) is 0 Å². The summed E-state index contributed by atoms with van der Waals surface area (Å²) in [6.45, 7) is 1.27. The quantitative estimate of drug-likeness (QED) is 0.407. The summed E-state index contributed by atoms with van der Waals surface area (Å²) >= 11 is 12.9. The van der Waals surface area contributed by atoms with Crippen LogP contribution >= 0.6 is 43.5 Å². The van der Waals surface area contributed by atoms with Crippen molar-refractivity contribution in [2.75, 3.05) is 5.32 Å². The van der Waals surface area contributed by atoms with E-state index >= 15 is 0 Å². The second-order valence-corrected chi connectivity index (χ2v) is 7.75. The summed E-state index contributed by atoms with van der Waals surface area (Å²) in [6.07, 6.45) is 0. The van der Waals surface area contributed by atoms with Gasteiger partial charge in [-0.25, -0.2) is 0 Å². The van der Waals surface area contributed by atoms with E-state index in [1.54, 1.807) is 0 Å². The van der Waals surface area contributed by atoms with Crippen molar-refractivity contribution >= 4 is 49.1 Å². The molecule has 3 aromatic rings. The molecule has 0 aliphatic rings. The molecular formula is C20H16Br2ClNO. The Kier molecular flexibility index (Phi) is 6.40. The van der Waals surface area contributed by atoms with Gasteiger partial charge in [-0.3, -0.25) is 0 Å². The fourth-order valence-electron chi connectivity index (χ4n) is 2.28. The van der Waals surface area contributed by atoms with E-state index in [9.17, 15) is 0 Å². The van der Waals surface area contributed by atoms with Crippen molar-refractivity contribution in [3.63, 3.8) is 0 Å². The summed E-state index contributed by atoms with van der Waals surface area (Å²) in [6, 6.07) is 21.9. The third-order valence-electron chi connectivity index (χ3n) is 3.64. The van der Waals surface area contributed by atoms with Crippen LogP contribution in [0, 0.1) is 0 Å². The molecule has 3 rings (SSSR count). The molecule has 0 fully saturated rings. The van der Waals surface area contributed by atoms with Gasteiger partial charge in [-0.15, -0.1) is 0 Å². The fraction of sp³-hybridized carbons (Fsp3) is 0.100. The minimum Gasteiger partial charge on any atom is -0.488 e. The van der Waals surface area contributed by atoms with Crippen LogP contribution < -0.4 is 10.1 Å². The van der Waals surface area contributed by atoms with E-state index in [4.69, 9.17) is 16.3 Å². The monoisotopic (exact) mass is 479 g/mol. The maximum Gasteiger partial charge on any atom is 0.134 e. The minimum atomic E-state index is 0.536. The van der Waals surface area contributed by atoms with Crippen molar-refractivity contribution in [1.29, 1.82) is 0 Å². The zero-order valence-corrected chi connectivity index (χ0v) is 17.2. The topological polar surface area (TPSA) is 21.3 Å². The van der Waals surface area contributed by atoms with E-state index in [-0.39, 0.29) is 0 Å². The van der Waals surface area contributed by atoms with Gasteiger partial charge in [0.05, 0.1) is 4.47 Å². The molecule has 0 atom stereocenters. The summed E-state index contributed by atoms with van der Waals surface area (Å²) in [5.41, 5.74) is 3.33. The van der Waals surface area contributed by atoms with Crippen LogP contribution in [0.1, 0.15) is 11.1 Å². The third-order valence-corrected chi connectivity index (χ3v) is 5.05. The highest BCUT2D eigenvalue weighted by Crippen LogP contribution is 2.27. The number of hydrogen-bond acceptors (Lipinski definition) is 2. The molecule has 128 valence electrons. The molecule has 0 aromatic heterocycles. The minimum absolute atomic E-state index is 0.536. The van der Waals surface area contributed by atoms with E-state index < -0.39 is 0 Å². The first-order valence-corrected chi connectivity index (χ1v) is 9.72. The summed E-state index contributed by atoms with van der Waals surface area (Å²) in [7, 11) is 0. The molecule has 2 nitrogen and oxygen atoms in total. The van der Waals surface area contributed by atoms with E-state index in [1.165, 1.54) is 0 Å². The van der Waals surface area contributed by atoms with Crippen molar-refractivity contribution in [2.24, 2.45) is 0 Å². The van der Waals surface area contributed by atoms with Gasteiger partial charge < -0.3 is 10.1 Å². The second kappa shape index (κ2) is 8.75. The number of benzene rings is 3. The lowest BCUT2D eigenvalue weighted by Gasteiger charge is -2.11. The molecule has 0 bridgehead atoms. The SMILES string of the molecule is Clc1ccc(NCc2ccc(OCc3ccc(Br)cc3)c(Br)c2)cc1. The van der Waals surface area contributed by atoms with Crippen molar-refractivity contribution in [1.82, 2.24) is 0 Å². The van der Waals surface area contributed by atoms with Crippen LogP contribution in [-0.4, -0.2) is 0 Å². The van der Waals surface area contributed by atoms with Crippen molar-refractivity contribution in [3.8, 4) is 5.75 Å². The van der Waals surface area contributed by atoms with Gasteiger partial charge in [0.15, 0.2) is 0 Å². The molecular weight excluding hydrogens is 465 g/mol. The third kappa shape index (κ3) is 5.50. The van der Waals surface area contributed by atoms with Crippen LogP contribution in [0.3, 0.4) is 0 Å². The van der Waals surface area contributed by atoms with Gasteiger partial charge in [-0.2, -0.15) is 0 Å². The Labute approximate surface area is 169 Å². The average Bonchev–Trinajstić information content (AvgIpc) is 2.62. The van der Waals surface area contributed by atoms with Gasteiger partial charge in [-0.1, -0.05) is 45.7 Å². The first kappa shape index (κ1) is 18.3. The van der Waals surface area contributed by atoms with Gasteiger partial charge in [0.2, 0.25) is 0 Å². The molecule has 0 unspecified atom stereocenters. The molecule has 0 radical (unpaired) electrons. The molecule has 0 aliphatic heterocycles. The van der Waals surface area contributed by atoms with Crippen LogP contribution in [0.2, 0.25) is 5.02 Å². The molecule has 0 spiro atoms. The molecule has 1 N–H and O–H groups in total. The van der Waals surface area contributed by atoms with Gasteiger partial charge in [-0.05, 0) is 75.6 Å². The van der Waals surface area contributed by atoms with Gasteiger partial charge in [0, 0.05) is 21.7 Å². The summed E-state index contributed by atoms with van der Waals surface area (Å²) in [4.78, 5) is 0. The number of hydrogen-bond donors (Lipinski definition) is 1. The largest absolute Gasteiger partial charge is 0.488 e.